The quantitative estimate of drug-likeness (QED) is 0.767. The van der Waals surface area contributed by atoms with Crippen LogP contribution in [-0.2, 0) is 0 Å². The number of rotatable bonds is 5. The molecule has 0 saturated carbocycles. The van der Waals surface area contributed by atoms with Gasteiger partial charge >= 0.3 is 0 Å². The first-order valence-electron chi connectivity index (χ1n) is 6.15. The first kappa shape index (κ1) is 15.0. The molecule has 7 heteroatoms. The van der Waals surface area contributed by atoms with Crippen molar-refractivity contribution in [2.45, 2.75) is 6.43 Å². The third kappa shape index (κ3) is 3.39. The summed E-state index contributed by atoms with van der Waals surface area (Å²) < 4.78 is 35.9. The Morgan fingerprint density at radius 3 is 2.80 bits per heavy atom. The van der Waals surface area contributed by atoms with E-state index in [9.17, 15) is 13.6 Å². The summed E-state index contributed by atoms with van der Waals surface area (Å²) in [4.78, 5) is 13.5. The molecule has 0 unspecified atom stereocenters. The average Bonchev–Trinajstić information content (AvgIpc) is 2.45. The Bertz CT molecular complexity index is 485. The fraction of sp³-hybridized carbons (Fsp3) is 0.462. The number of alkyl halides is 3. The molecule has 0 atom stereocenters. The molecule has 1 aromatic rings. The van der Waals surface area contributed by atoms with E-state index in [1.54, 1.807) is 18.2 Å². The highest BCUT2D eigenvalue weighted by Crippen LogP contribution is 2.34. The number of hydrogen-bond acceptors (Lipinski definition) is 3. The van der Waals surface area contributed by atoms with E-state index < -0.39 is 18.9 Å². The number of halogens is 3. The molecule has 0 aromatic heterocycles. The fourth-order valence-corrected chi connectivity index (χ4v) is 2.38. The van der Waals surface area contributed by atoms with Crippen LogP contribution in [0.1, 0.15) is 10.4 Å². The Labute approximate surface area is 123 Å². The van der Waals surface area contributed by atoms with Crippen LogP contribution in [-0.4, -0.2) is 48.9 Å². The van der Waals surface area contributed by atoms with E-state index in [0.29, 0.717) is 30.0 Å². The lowest BCUT2D eigenvalue weighted by Crippen LogP contribution is -2.37. The summed E-state index contributed by atoms with van der Waals surface area (Å²) in [7, 11) is 0. The summed E-state index contributed by atoms with van der Waals surface area (Å²) in [5, 5.41) is 0.428. The number of amides is 1. The molecule has 110 valence electrons. The molecule has 1 aliphatic rings. The van der Waals surface area contributed by atoms with Gasteiger partial charge in [-0.1, -0.05) is 22.0 Å². The molecule has 0 radical (unpaired) electrons. The van der Waals surface area contributed by atoms with Crippen molar-refractivity contribution in [1.29, 1.82) is 0 Å². The minimum absolute atomic E-state index is 0.202. The monoisotopic (exact) mass is 349 g/mol. The van der Waals surface area contributed by atoms with Crippen LogP contribution in [0.2, 0.25) is 0 Å². The highest BCUT2D eigenvalue weighted by Gasteiger charge is 2.25. The number of para-hydroxylation sites is 1. The van der Waals surface area contributed by atoms with E-state index in [0.717, 1.165) is 4.90 Å². The second-order valence-electron chi connectivity index (χ2n) is 4.16. The van der Waals surface area contributed by atoms with Gasteiger partial charge < -0.3 is 14.4 Å². The predicted octanol–water partition coefficient (Wildman–Crippen LogP) is 2.56. The molecule has 1 aliphatic heterocycles. The molecule has 1 heterocycles. The zero-order valence-electron chi connectivity index (χ0n) is 10.7. The Hall–Kier alpha value is -1.37. The van der Waals surface area contributed by atoms with E-state index in [4.69, 9.17) is 9.47 Å². The van der Waals surface area contributed by atoms with Crippen molar-refractivity contribution >= 4 is 21.8 Å². The number of hydrogen-bond donors (Lipinski definition) is 0. The molecule has 1 amide bonds. The van der Waals surface area contributed by atoms with Crippen LogP contribution in [0, 0.1) is 0 Å². The van der Waals surface area contributed by atoms with Crippen molar-refractivity contribution in [3.8, 4) is 11.5 Å². The van der Waals surface area contributed by atoms with E-state index in [1.165, 1.54) is 0 Å². The first-order chi connectivity index (χ1) is 9.63. The standard InChI is InChI=1S/C13H14BrF2NO3/c14-4-5-17(8-11(15)16)13(18)9-2-1-3-10-12(9)20-7-6-19-10/h1-3,11H,4-8H2. The third-order valence-corrected chi connectivity index (χ3v) is 3.15. The smallest absolute Gasteiger partial charge is 0.257 e. The van der Waals surface area contributed by atoms with Crippen LogP contribution in [0.5, 0.6) is 11.5 Å². The van der Waals surface area contributed by atoms with E-state index in [-0.39, 0.29) is 12.1 Å². The summed E-state index contributed by atoms with van der Waals surface area (Å²) in [6.45, 7) is 0.347. The third-order valence-electron chi connectivity index (χ3n) is 2.80. The SMILES string of the molecule is O=C(c1cccc2c1OCCO2)N(CCBr)CC(F)F. The van der Waals surface area contributed by atoms with Gasteiger partial charge in [-0.25, -0.2) is 8.78 Å². The maximum absolute atomic E-state index is 12.6. The molecule has 0 saturated heterocycles. The summed E-state index contributed by atoms with van der Waals surface area (Å²) in [5.74, 6) is 0.322. The lowest BCUT2D eigenvalue weighted by atomic mass is 10.1. The van der Waals surface area contributed by atoms with Crippen molar-refractivity contribution < 1.29 is 23.0 Å². The second kappa shape index (κ2) is 6.88. The van der Waals surface area contributed by atoms with Crippen LogP contribution >= 0.6 is 15.9 Å². The van der Waals surface area contributed by atoms with Gasteiger partial charge in [-0.05, 0) is 12.1 Å². The summed E-state index contributed by atoms with van der Waals surface area (Å²) in [5.41, 5.74) is 0.254. The molecule has 20 heavy (non-hydrogen) atoms. The van der Waals surface area contributed by atoms with Crippen LogP contribution in [0.4, 0.5) is 8.78 Å². The molecule has 0 fully saturated rings. The normalized spacial score (nSPS) is 13.4. The molecule has 0 N–H and O–H groups in total. The largest absolute Gasteiger partial charge is 0.486 e. The van der Waals surface area contributed by atoms with Crippen LogP contribution in [0.3, 0.4) is 0 Å². The Morgan fingerprint density at radius 1 is 1.35 bits per heavy atom. The molecular weight excluding hydrogens is 336 g/mol. The summed E-state index contributed by atoms with van der Waals surface area (Å²) >= 11 is 3.16. The summed E-state index contributed by atoms with van der Waals surface area (Å²) in [6, 6.07) is 4.89. The molecule has 0 bridgehead atoms. The van der Waals surface area contributed by atoms with Gasteiger partial charge in [0.05, 0.1) is 12.1 Å². The molecule has 0 spiro atoms. The van der Waals surface area contributed by atoms with Crippen molar-refractivity contribution in [3.05, 3.63) is 23.8 Å². The van der Waals surface area contributed by atoms with Gasteiger partial charge in [-0.2, -0.15) is 0 Å². The Morgan fingerprint density at radius 2 is 2.10 bits per heavy atom. The van der Waals surface area contributed by atoms with Gasteiger partial charge in [0.25, 0.3) is 12.3 Å². The van der Waals surface area contributed by atoms with E-state index in [1.807, 2.05) is 0 Å². The van der Waals surface area contributed by atoms with Gasteiger partial charge in [0.1, 0.15) is 13.2 Å². The van der Waals surface area contributed by atoms with Crippen LogP contribution in [0.15, 0.2) is 18.2 Å². The first-order valence-corrected chi connectivity index (χ1v) is 7.27. The van der Waals surface area contributed by atoms with E-state index >= 15 is 0 Å². The highest BCUT2D eigenvalue weighted by atomic mass is 79.9. The predicted molar refractivity (Wildman–Crippen MR) is 73.1 cm³/mol. The van der Waals surface area contributed by atoms with Crippen molar-refractivity contribution in [1.82, 2.24) is 4.90 Å². The Kier molecular flexibility index (Phi) is 5.17. The number of fused-ring (bicyclic) bond motifs is 1. The Balaban J connectivity index is 2.26. The fourth-order valence-electron chi connectivity index (χ4n) is 1.96. The highest BCUT2D eigenvalue weighted by molar-refractivity contribution is 9.09. The van der Waals surface area contributed by atoms with Crippen molar-refractivity contribution in [3.63, 3.8) is 0 Å². The van der Waals surface area contributed by atoms with Gasteiger partial charge in [0, 0.05) is 11.9 Å². The molecule has 0 aliphatic carbocycles. The zero-order chi connectivity index (χ0) is 14.5. The number of carbonyl (C=O) groups is 1. The van der Waals surface area contributed by atoms with Crippen molar-refractivity contribution in [2.24, 2.45) is 0 Å². The number of ether oxygens (including phenoxy) is 2. The maximum atomic E-state index is 12.6. The second-order valence-corrected chi connectivity index (χ2v) is 4.95. The minimum Gasteiger partial charge on any atom is -0.486 e. The van der Waals surface area contributed by atoms with Gasteiger partial charge in [-0.3, -0.25) is 4.79 Å². The van der Waals surface area contributed by atoms with Crippen LogP contribution < -0.4 is 9.47 Å². The minimum atomic E-state index is -2.57. The lowest BCUT2D eigenvalue weighted by Gasteiger charge is -2.25. The van der Waals surface area contributed by atoms with E-state index in [2.05, 4.69) is 15.9 Å². The topological polar surface area (TPSA) is 38.8 Å². The lowest BCUT2D eigenvalue weighted by molar-refractivity contribution is 0.0565. The summed E-state index contributed by atoms with van der Waals surface area (Å²) in [6.07, 6.45) is -2.57. The van der Waals surface area contributed by atoms with Crippen molar-refractivity contribution in [2.75, 3.05) is 31.6 Å². The maximum Gasteiger partial charge on any atom is 0.257 e. The van der Waals surface area contributed by atoms with Gasteiger partial charge in [0.15, 0.2) is 11.5 Å². The number of nitrogens with zero attached hydrogens (tertiary/aromatic N) is 1. The van der Waals surface area contributed by atoms with Gasteiger partial charge in [-0.15, -0.1) is 0 Å². The average molecular weight is 350 g/mol. The molecule has 1 aromatic carbocycles. The van der Waals surface area contributed by atoms with Gasteiger partial charge in [0.2, 0.25) is 0 Å². The number of carbonyl (C=O) groups excluding carboxylic acids is 1. The van der Waals surface area contributed by atoms with Crippen LogP contribution in [0.25, 0.3) is 0 Å². The molecule has 4 nitrogen and oxygen atoms in total. The number of benzene rings is 1. The zero-order valence-corrected chi connectivity index (χ0v) is 12.2. The molecular formula is C13H14BrF2NO3. The molecule has 2 rings (SSSR count).